The summed E-state index contributed by atoms with van der Waals surface area (Å²) in [6.07, 6.45) is -2.62. The van der Waals surface area contributed by atoms with Gasteiger partial charge in [0.1, 0.15) is 12.3 Å². The van der Waals surface area contributed by atoms with Gasteiger partial charge in [-0.25, -0.2) is 0 Å². The molecule has 0 aliphatic carbocycles. The molecule has 0 N–H and O–H groups in total. The first-order valence-electron chi connectivity index (χ1n) is 9.40. The van der Waals surface area contributed by atoms with E-state index in [9.17, 15) is 19.2 Å². The normalized spacial score (nSPS) is 13.4. The largest absolute Gasteiger partial charge is 0.462 e. The molecule has 1 aromatic heterocycles. The van der Waals surface area contributed by atoms with Crippen LogP contribution in [0.5, 0.6) is 0 Å². The molecule has 2 aromatic rings. The summed E-state index contributed by atoms with van der Waals surface area (Å²) < 4.78 is 21.7. The maximum absolute atomic E-state index is 11.8. The Kier molecular flexibility index (Phi) is 8.88. The summed E-state index contributed by atoms with van der Waals surface area (Å²) in [4.78, 5) is 47.9. The molecular weight excluding hydrogens is 490 g/mol. The van der Waals surface area contributed by atoms with Crippen molar-refractivity contribution in [2.24, 2.45) is 0 Å². The van der Waals surface area contributed by atoms with E-state index in [2.05, 4.69) is 26.1 Å². The molecule has 3 unspecified atom stereocenters. The number of carbonyl (C=O) groups excluding carboxylic acids is 4. The maximum Gasteiger partial charge on any atom is 0.303 e. The van der Waals surface area contributed by atoms with Gasteiger partial charge in [0.2, 0.25) is 0 Å². The number of rotatable bonds is 9. The summed E-state index contributed by atoms with van der Waals surface area (Å²) in [6, 6.07) is 7.08. The topological polar surface area (TPSA) is 136 Å². The molecule has 0 saturated carbocycles. The molecule has 172 valence electrons. The lowest BCUT2D eigenvalue weighted by atomic mass is 10.1. The first kappa shape index (κ1) is 25.0. The number of aromatic nitrogens is 3. The highest BCUT2D eigenvalue weighted by molar-refractivity contribution is 9.10. The summed E-state index contributed by atoms with van der Waals surface area (Å²) in [7, 11) is 0. The van der Waals surface area contributed by atoms with Gasteiger partial charge < -0.3 is 18.9 Å². The van der Waals surface area contributed by atoms with Gasteiger partial charge in [-0.3, -0.25) is 19.2 Å². The molecule has 3 atom stereocenters. The lowest BCUT2D eigenvalue weighted by Crippen LogP contribution is -2.43. The third kappa shape index (κ3) is 7.45. The van der Waals surface area contributed by atoms with Gasteiger partial charge in [0.15, 0.2) is 18.3 Å². The van der Waals surface area contributed by atoms with Gasteiger partial charge in [-0.2, -0.15) is 9.90 Å². The van der Waals surface area contributed by atoms with E-state index in [1.54, 1.807) is 24.3 Å². The van der Waals surface area contributed by atoms with Crippen LogP contribution in [-0.4, -0.2) is 57.7 Å². The van der Waals surface area contributed by atoms with Crippen LogP contribution >= 0.6 is 15.9 Å². The van der Waals surface area contributed by atoms with Gasteiger partial charge in [0.05, 0.1) is 11.9 Å². The number of hydrogen-bond donors (Lipinski definition) is 0. The lowest BCUT2D eigenvalue weighted by Gasteiger charge is -2.30. The fraction of sp³-hybridized carbons (Fsp3) is 0.400. The van der Waals surface area contributed by atoms with Crippen LogP contribution in [0.1, 0.15) is 39.5 Å². The van der Waals surface area contributed by atoms with Crippen molar-refractivity contribution in [2.75, 3.05) is 6.61 Å². The molecule has 0 fully saturated rings. The van der Waals surface area contributed by atoms with Gasteiger partial charge in [0.25, 0.3) is 0 Å². The standard InChI is InChI=1S/C20H22BrN3O8/c1-11(25)29-10-18(30-12(2)26)20(32-14(4)28)19(31-13(3)27)17-9-22-24(23-17)16-7-5-15(21)6-8-16/h5-9,18-20H,10H2,1-4H3. The Morgan fingerprint density at radius 2 is 1.50 bits per heavy atom. The molecule has 0 saturated heterocycles. The van der Waals surface area contributed by atoms with Crippen molar-refractivity contribution in [1.82, 2.24) is 15.0 Å². The van der Waals surface area contributed by atoms with Crippen molar-refractivity contribution in [3.63, 3.8) is 0 Å². The fourth-order valence-electron chi connectivity index (χ4n) is 2.71. The maximum atomic E-state index is 11.8. The number of ether oxygens (including phenoxy) is 4. The molecule has 0 radical (unpaired) electrons. The summed E-state index contributed by atoms with van der Waals surface area (Å²) in [5.74, 6) is -2.82. The summed E-state index contributed by atoms with van der Waals surface area (Å²) in [5, 5.41) is 8.49. The summed E-state index contributed by atoms with van der Waals surface area (Å²) in [5.41, 5.74) is 0.732. The Morgan fingerprint density at radius 1 is 0.906 bits per heavy atom. The molecule has 12 heteroatoms. The van der Waals surface area contributed by atoms with Gasteiger partial charge in [-0.1, -0.05) is 15.9 Å². The van der Waals surface area contributed by atoms with E-state index < -0.39 is 48.8 Å². The Bertz CT molecular complexity index is 975. The second kappa shape index (κ2) is 11.4. The second-order valence-electron chi connectivity index (χ2n) is 6.59. The van der Waals surface area contributed by atoms with Crippen LogP contribution in [0.25, 0.3) is 5.69 Å². The Morgan fingerprint density at radius 3 is 2.03 bits per heavy atom. The van der Waals surface area contributed by atoms with Crippen molar-refractivity contribution in [1.29, 1.82) is 0 Å². The average Bonchev–Trinajstić information content (AvgIpc) is 3.17. The number of nitrogens with zero attached hydrogens (tertiary/aromatic N) is 3. The van der Waals surface area contributed by atoms with Crippen LogP contribution in [0.15, 0.2) is 34.9 Å². The Balaban J connectivity index is 2.46. The van der Waals surface area contributed by atoms with E-state index in [1.165, 1.54) is 17.9 Å². The van der Waals surface area contributed by atoms with Crippen LogP contribution in [0.3, 0.4) is 0 Å². The zero-order valence-electron chi connectivity index (χ0n) is 17.8. The molecule has 1 heterocycles. The van der Waals surface area contributed by atoms with Crippen LogP contribution in [0.4, 0.5) is 0 Å². The fourth-order valence-corrected chi connectivity index (χ4v) is 2.98. The molecule has 2 rings (SSSR count). The minimum atomic E-state index is -1.37. The summed E-state index contributed by atoms with van der Waals surface area (Å²) in [6.45, 7) is 4.15. The van der Waals surface area contributed by atoms with Crippen LogP contribution in [0.2, 0.25) is 0 Å². The predicted octanol–water partition coefficient (Wildman–Crippen LogP) is 2.06. The first-order chi connectivity index (χ1) is 15.1. The predicted molar refractivity (Wildman–Crippen MR) is 111 cm³/mol. The lowest BCUT2D eigenvalue weighted by molar-refractivity contribution is -0.190. The second-order valence-corrected chi connectivity index (χ2v) is 7.51. The summed E-state index contributed by atoms with van der Waals surface area (Å²) >= 11 is 3.34. The molecule has 0 aliphatic heterocycles. The number of esters is 4. The molecular formula is C20H22BrN3O8. The van der Waals surface area contributed by atoms with E-state index in [0.29, 0.717) is 5.69 Å². The van der Waals surface area contributed by atoms with Gasteiger partial charge >= 0.3 is 23.9 Å². The van der Waals surface area contributed by atoms with Crippen molar-refractivity contribution < 1.29 is 38.1 Å². The number of hydrogen-bond acceptors (Lipinski definition) is 10. The quantitative estimate of drug-likeness (QED) is 0.363. The van der Waals surface area contributed by atoms with Crippen LogP contribution in [0, 0.1) is 0 Å². The molecule has 11 nitrogen and oxygen atoms in total. The highest BCUT2D eigenvalue weighted by Crippen LogP contribution is 2.27. The van der Waals surface area contributed by atoms with E-state index in [1.807, 2.05) is 0 Å². The van der Waals surface area contributed by atoms with Crippen molar-refractivity contribution in [2.45, 2.75) is 46.0 Å². The van der Waals surface area contributed by atoms with E-state index in [-0.39, 0.29) is 5.69 Å². The van der Waals surface area contributed by atoms with Crippen LogP contribution in [-0.2, 0) is 38.1 Å². The molecule has 0 spiro atoms. The van der Waals surface area contributed by atoms with E-state index in [0.717, 1.165) is 25.2 Å². The number of halogens is 1. The highest BCUT2D eigenvalue weighted by atomic mass is 79.9. The average molecular weight is 512 g/mol. The number of benzene rings is 1. The molecule has 32 heavy (non-hydrogen) atoms. The van der Waals surface area contributed by atoms with E-state index in [4.69, 9.17) is 18.9 Å². The molecule has 1 aromatic carbocycles. The highest BCUT2D eigenvalue weighted by Gasteiger charge is 2.40. The minimum absolute atomic E-state index is 0.120. The smallest absolute Gasteiger partial charge is 0.303 e. The van der Waals surface area contributed by atoms with Crippen molar-refractivity contribution in [3.8, 4) is 5.69 Å². The third-order valence-corrected chi connectivity index (χ3v) is 4.42. The Hall–Kier alpha value is -3.28. The van der Waals surface area contributed by atoms with Crippen LogP contribution < -0.4 is 0 Å². The Labute approximate surface area is 192 Å². The first-order valence-corrected chi connectivity index (χ1v) is 10.2. The van der Waals surface area contributed by atoms with Crippen molar-refractivity contribution >= 4 is 39.8 Å². The molecule has 0 amide bonds. The van der Waals surface area contributed by atoms with Gasteiger partial charge in [0, 0.05) is 32.2 Å². The van der Waals surface area contributed by atoms with Gasteiger partial charge in [-0.05, 0) is 24.3 Å². The third-order valence-electron chi connectivity index (χ3n) is 3.89. The monoisotopic (exact) mass is 511 g/mol. The number of carbonyl (C=O) groups is 4. The SMILES string of the molecule is CC(=O)OCC(OC(C)=O)C(OC(C)=O)C(OC(C)=O)c1cnn(-c2ccc(Br)cc2)n1. The van der Waals surface area contributed by atoms with E-state index >= 15 is 0 Å². The molecule has 0 bridgehead atoms. The molecule has 0 aliphatic rings. The van der Waals surface area contributed by atoms with Gasteiger partial charge in [-0.15, -0.1) is 5.10 Å². The van der Waals surface area contributed by atoms with Crippen molar-refractivity contribution in [3.05, 3.63) is 40.6 Å². The zero-order valence-corrected chi connectivity index (χ0v) is 19.4. The minimum Gasteiger partial charge on any atom is -0.462 e. The zero-order chi connectivity index (χ0) is 23.8.